The second-order valence-electron chi connectivity index (χ2n) is 11.2. The maximum Gasteiger partial charge on any atom is 0.410 e. The third-order valence-corrected chi connectivity index (χ3v) is 7.05. The average molecular weight is 540 g/mol. The molecule has 0 bridgehead atoms. The first-order valence-corrected chi connectivity index (χ1v) is 13.3. The zero-order chi connectivity index (χ0) is 28.0. The lowest BCUT2D eigenvalue weighted by atomic mass is 10.0. The van der Waals surface area contributed by atoms with Crippen molar-refractivity contribution in [3.8, 4) is 33.8 Å². The van der Waals surface area contributed by atoms with E-state index in [1.807, 2.05) is 75.0 Å². The van der Waals surface area contributed by atoms with Gasteiger partial charge in [0.25, 0.3) is 0 Å². The van der Waals surface area contributed by atoms with E-state index in [2.05, 4.69) is 9.97 Å². The largest absolute Gasteiger partial charge is 0.444 e. The lowest BCUT2D eigenvalue weighted by molar-refractivity contribution is 0.0234. The number of amides is 1. The van der Waals surface area contributed by atoms with Crippen LogP contribution in [0.4, 0.5) is 9.18 Å². The normalized spacial score (nSPS) is 17.5. The van der Waals surface area contributed by atoms with E-state index in [4.69, 9.17) is 14.3 Å². The van der Waals surface area contributed by atoms with Gasteiger partial charge in [-0.05, 0) is 64.4 Å². The molecule has 1 saturated heterocycles. The van der Waals surface area contributed by atoms with Crippen molar-refractivity contribution in [3.63, 3.8) is 0 Å². The van der Waals surface area contributed by atoms with Crippen molar-refractivity contribution in [1.29, 1.82) is 0 Å². The summed E-state index contributed by atoms with van der Waals surface area (Å²) in [6.07, 6.45) is 3.81. The fourth-order valence-electron chi connectivity index (χ4n) is 5.16. The number of halogens is 1. The van der Waals surface area contributed by atoms with Gasteiger partial charge in [-0.1, -0.05) is 30.3 Å². The molecule has 2 aromatic carbocycles. The molecule has 1 fully saturated rings. The van der Waals surface area contributed by atoms with Gasteiger partial charge in [-0.3, -0.25) is 4.68 Å². The number of aromatic nitrogens is 4. The minimum Gasteiger partial charge on any atom is -0.444 e. The second kappa shape index (κ2) is 9.89. The summed E-state index contributed by atoms with van der Waals surface area (Å²) in [6.45, 7) is 8.06. The first kappa shape index (κ1) is 25.7. The number of rotatable bonds is 4. The third-order valence-electron chi connectivity index (χ3n) is 7.05. The summed E-state index contributed by atoms with van der Waals surface area (Å²) in [5, 5.41) is 5.72. The van der Waals surface area contributed by atoms with E-state index < -0.39 is 5.60 Å². The zero-order valence-electron chi connectivity index (χ0n) is 22.8. The molecule has 6 rings (SSSR count). The highest BCUT2D eigenvalue weighted by Crippen LogP contribution is 2.38. The molecule has 1 aliphatic rings. The van der Waals surface area contributed by atoms with Gasteiger partial charge in [0, 0.05) is 35.5 Å². The number of hydrogen-bond donors (Lipinski definition) is 0. The van der Waals surface area contributed by atoms with Crippen LogP contribution in [-0.4, -0.2) is 48.9 Å². The molecule has 2 atom stereocenters. The van der Waals surface area contributed by atoms with Crippen molar-refractivity contribution in [3.05, 3.63) is 79.0 Å². The predicted octanol–water partition coefficient (Wildman–Crippen LogP) is 7.13. The van der Waals surface area contributed by atoms with E-state index in [1.54, 1.807) is 17.0 Å². The number of carbonyl (C=O) groups excluding carboxylic acids is 1. The molecular weight excluding hydrogens is 509 g/mol. The van der Waals surface area contributed by atoms with Crippen LogP contribution in [0.5, 0.6) is 0 Å². The van der Waals surface area contributed by atoms with Crippen LogP contribution in [0, 0.1) is 5.82 Å². The van der Waals surface area contributed by atoms with Crippen LogP contribution in [0.1, 0.15) is 40.2 Å². The van der Waals surface area contributed by atoms with Gasteiger partial charge in [0.2, 0.25) is 5.71 Å². The maximum atomic E-state index is 13.8. The average Bonchev–Trinajstić information content (AvgIpc) is 3.65. The monoisotopic (exact) mass is 539 g/mol. The van der Waals surface area contributed by atoms with Gasteiger partial charge in [0.15, 0.2) is 0 Å². The Hall–Kier alpha value is -4.53. The van der Waals surface area contributed by atoms with Gasteiger partial charge >= 0.3 is 6.09 Å². The fourth-order valence-corrected chi connectivity index (χ4v) is 5.16. The summed E-state index contributed by atoms with van der Waals surface area (Å²) >= 11 is 0. The minimum atomic E-state index is -0.578. The van der Waals surface area contributed by atoms with Crippen molar-refractivity contribution < 1.29 is 18.3 Å². The van der Waals surface area contributed by atoms with Gasteiger partial charge in [0.1, 0.15) is 29.2 Å². The van der Waals surface area contributed by atoms with E-state index in [0.29, 0.717) is 35.8 Å². The molecular formula is C31H30FN5O3. The quantitative estimate of drug-likeness (QED) is 0.241. The Morgan fingerprint density at radius 2 is 1.77 bits per heavy atom. The van der Waals surface area contributed by atoms with Gasteiger partial charge in [-0.25, -0.2) is 19.2 Å². The van der Waals surface area contributed by atoms with Crippen LogP contribution in [0.15, 0.2) is 77.6 Å². The van der Waals surface area contributed by atoms with Crippen molar-refractivity contribution in [2.75, 3.05) is 6.54 Å². The van der Waals surface area contributed by atoms with E-state index in [1.165, 1.54) is 18.5 Å². The van der Waals surface area contributed by atoms with E-state index >= 15 is 0 Å². The molecule has 3 aromatic heterocycles. The van der Waals surface area contributed by atoms with Crippen LogP contribution in [0.25, 0.3) is 44.9 Å². The summed E-state index contributed by atoms with van der Waals surface area (Å²) in [7, 11) is 0. The Balaban J connectivity index is 1.43. The van der Waals surface area contributed by atoms with E-state index in [-0.39, 0.29) is 24.0 Å². The lowest BCUT2D eigenvalue weighted by Gasteiger charge is -2.26. The number of ether oxygens (including phenoxy) is 1. The molecule has 0 aliphatic carbocycles. The first-order valence-electron chi connectivity index (χ1n) is 13.3. The molecule has 1 aliphatic heterocycles. The number of hydrogen-bond acceptors (Lipinski definition) is 6. The summed E-state index contributed by atoms with van der Waals surface area (Å²) in [5.41, 5.74) is 3.66. The molecule has 0 saturated carbocycles. The zero-order valence-corrected chi connectivity index (χ0v) is 22.8. The predicted molar refractivity (Wildman–Crippen MR) is 150 cm³/mol. The SMILES string of the molecule is C[C@@H]1C[C@@H](n2cc(-c3ncnc4oc(-c5ccccc5)cc34)c(-c3ccc(F)cc3)n2)CN1C(=O)OC(C)(C)C. The van der Waals surface area contributed by atoms with Gasteiger partial charge < -0.3 is 14.1 Å². The number of furan rings is 1. The summed E-state index contributed by atoms with van der Waals surface area (Å²) in [6, 6.07) is 17.9. The molecule has 1 amide bonds. The molecule has 204 valence electrons. The van der Waals surface area contributed by atoms with Crippen LogP contribution in [0.2, 0.25) is 0 Å². The highest BCUT2D eigenvalue weighted by Gasteiger charge is 2.37. The van der Waals surface area contributed by atoms with Crippen molar-refractivity contribution >= 4 is 17.2 Å². The smallest absolute Gasteiger partial charge is 0.410 e. The molecule has 5 aromatic rings. The minimum absolute atomic E-state index is 0.0187. The second-order valence-corrected chi connectivity index (χ2v) is 11.2. The Labute approximate surface area is 231 Å². The highest BCUT2D eigenvalue weighted by atomic mass is 19.1. The van der Waals surface area contributed by atoms with Gasteiger partial charge in [-0.2, -0.15) is 5.10 Å². The first-order chi connectivity index (χ1) is 19.2. The van der Waals surface area contributed by atoms with E-state index in [9.17, 15) is 9.18 Å². The summed E-state index contributed by atoms with van der Waals surface area (Å²) < 4.78 is 27.4. The van der Waals surface area contributed by atoms with Crippen molar-refractivity contribution in [2.24, 2.45) is 0 Å². The summed E-state index contributed by atoms with van der Waals surface area (Å²) in [4.78, 5) is 23.6. The molecule has 0 N–H and O–H groups in total. The van der Waals surface area contributed by atoms with Crippen LogP contribution in [0.3, 0.4) is 0 Å². The van der Waals surface area contributed by atoms with E-state index in [0.717, 1.165) is 22.1 Å². The number of fused-ring (bicyclic) bond motifs is 1. The van der Waals surface area contributed by atoms with Crippen LogP contribution < -0.4 is 0 Å². The molecule has 40 heavy (non-hydrogen) atoms. The Morgan fingerprint density at radius 3 is 2.50 bits per heavy atom. The Morgan fingerprint density at radius 1 is 1.02 bits per heavy atom. The molecule has 0 unspecified atom stereocenters. The van der Waals surface area contributed by atoms with Crippen LogP contribution in [-0.2, 0) is 4.74 Å². The lowest BCUT2D eigenvalue weighted by Crippen LogP contribution is -2.38. The fraction of sp³-hybridized carbons (Fsp3) is 0.290. The topological polar surface area (TPSA) is 86.3 Å². The standard InChI is InChI=1S/C31H30FN5O3/c1-19-14-23(16-36(19)30(38)40-31(2,3)4)37-17-25(27(35-37)21-10-12-22(32)13-11-21)28-24-15-26(20-8-6-5-7-9-20)39-29(24)34-18-33-28/h5-13,15,17-19,23H,14,16H2,1-4H3/t19-,23-/m1/s1. The molecule has 9 heteroatoms. The molecule has 0 spiro atoms. The number of likely N-dealkylation sites (tertiary alicyclic amines) is 1. The Kier molecular flexibility index (Phi) is 6.37. The third kappa shape index (κ3) is 4.95. The molecule has 4 heterocycles. The maximum absolute atomic E-state index is 13.8. The molecule has 0 radical (unpaired) electrons. The van der Waals surface area contributed by atoms with Gasteiger partial charge in [-0.15, -0.1) is 0 Å². The van der Waals surface area contributed by atoms with Crippen LogP contribution >= 0.6 is 0 Å². The Bertz CT molecular complexity index is 1670. The highest BCUT2D eigenvalue weighted by molar-refractivity contribution is 5.95. The number of carbonyl (C=O) groups is 1. The summed E-state index contributed by atoms with van der Waals surface area (Å²) in [5.74, 6) is 0.361. The van der Waals surface area contributed by atoms with Crippen molar-refractivity contribution in [2.45, 2.75) is 51.8 Å². The molecule has 8 nitrogen and oxygen atoms in total. The number of nitrogens with zero attached hydrogens (tertiary/aromatic N) is 5. The number of benzene rings is 2. The van der Waals surface area contributed by atoms with Crippen molar-refractivity contribution in [1.82, 2.24) is 24.6 Å². The van der Waals surface area contributed by atoms with Gasteiger partial charge in [0.05, 0.1) is 17.1 Å².